The van der Waals surface area contributed by atoms with Crippen LogP contribution < -0.4 is 21.7 Å². The van der Waals surface area contributed by atoms with Crippen LogP contribution in [0.15, 0.2) is 54.6 Å². The van der Waals surface area contributed by atoms with Crippen LogP contribution in [0.25, 0.3) is 0 Å². The number of thioether (sulfide) groups is 1. The van der Waals surface area contributed by atoms with Gasteiger partial charge in [-0.1, -0.05) is 118 Å². The van der Waals surface area contributed by atoms with Crippen LogP contribution in [0.2, 0.25) is 0 Å². The molecular formula is C72H110N8O16S. The number of methoxy groups -OCH3 is 2. The van der Waals surface area contributed by atoms with Crippen molar-refractivity contribution >= 4 is 88.3 Å². The van der Waals surface area contributed by atoms with Gasteiger partial charge in [0.2, 0.25) is 35.4 Å². The number of nitrogens with one attached hydrogen (secondary N) is 3. The van der Waals surface area contributed by atoms with E-state index in [9.17, 15) is 62.6 Å². The number of hydrogen-bond donors (Lipinski definition) is 5. The lowest BCUT2D eigenvalue weighted by Gasteiger charge is -2.41. The van der Waals surface area contributed by atoms with Crippen molar-refractivity contribution in [3.63, 3.8) is 0 Å². The summed E-state index contributed by atoms with van der Waals surface area (Å²) in [5, 5.41) is 17.9. The summed E-state index contributed by atoms with van der Waals surface area (Å²) >= 11 is 1.35. The SMILES string of the molecule is CC[C@H](C)[C@@H]([C@@H](CC(=O)N1CCC[C@H]1[C@H](OC)[C@@H](C)C(=O)C[C@@H](Cc1ccccc1)C(=O)O)OC)N(C)C(=O)[C@@H](CC(=O)[C@H](C(C)C)N(C)C(=O)OCc1ccc(NC(=O)[C@H](CCCNC(N)=O)CC(=O)[C@@H](NC(=O)CCCCCN2C(=O)CC(SC)C2=O)C(C)C)cc1)C(C)C. The number of carboxylic acid groups (broad SMARTS) is 1. The van der Waals surface area contributed by atoms with Crippen molar-refractivity contribution in [3.05, 3.63) is 65.7 Å². The molecule has 540 valence electrons. The maximum absolute atomic E-state index is 14.9. The number of urea groups is 1. The summed E-state index contributed by atoms with van der Waals surface area (Å²) in [4.78, 5) is 167. The van der Waals surface area contributed by atoms with Gasteiger partial charge >= 0.3 is 18.1 Å². The Kier molecular flexibility index (Phi) is 34.4. The number of benzene rings is 2. The highest BCUT2D eigenvalue weighted by Crippen LogP contribution is 2.33. The summed E-state index contributed by atoms with van der Waals surface area (Å²) in [6.07, 6.45) is 3.29. The Bertz CT molecular complexity index is 2970. The minimum atomic E-state index is -1.07. The lowest BCUT2D eigenvalue weighted by Crippen LogP contribution is -2.54. The molecule has 25 heteroatoms. The van der Waals surface area contributed by atoms with Crippen molar-refractivity contribution in [2.75, 3.05) is 59.5 Å². The zero-order valence-electron chi connectivity index (χ0n) is 59.6. The maximum Gasteiger partial charge on any atom is 0.410 e. The van der Waals surface area contributed by atoms with Gasteiger partial charge in [-0.2, -0.15) is 11.8 Å². The molecule has 2 aromatic carbocycles. The third-order valence-corrected chi connectivity index (χ3v) is 20.2. The van der Waals surface area contributed by atoms with Gasteiger partial charge in [-0.25, -0.2) is 9.59 Å². The van der Waals surface area contributed by atoms with E-state index >= 15 is 0 Å². The van der Waals surface area contributed by atoms with E-state index in [4.69, 9.17) is 19.9 Å². The van der Waals surface area contributed by atoms with E-state index in [0.717, 1.165) is 5.56 Å². The van der Waals surface area contributed by atoms with E-state index in [1.807, 2.05) is 58.0 Å². The number of likely N-dealkylation sites (N-methyl/N-ethyl adjacent to an activating group) is 2. The quantitative estimate of drug-likeness (QED) is 0.0307. The van der Waals surface area contributed by atoms with E-state index in [0.29, 0.717) is 62.7 Å². The smallest absolute Gasteiger partial charge is 0.410 e. The topological polar surface area (TPSA) is 328 Å². The molecule has 2 saturated heterocycles. The highest BCUT2D eigenvalue weighted by Gasteiger charge is 2.45. The van der Waals surface area contributed by atoms with E-state index in [1.54, 1.807) is 82.0 Å². The zero-order valence-corrected chi connectivity index (χ0v) is 60.5. The van der Waals surface area contributed by atoms with Gasteiger partial charge in [-0.15, -0.1) is 0 Å². The molecule has 2 aromatic rings. The predicted molar refractivity (Wildman–Crippen MR) is 370 cm³/mol. The second-order valence-electron chi connectivity index (χ2n) is 27.3. The minimum absolute atomic E-state index is 0.0975. The second-order valence-corrected chi connectivity index (χ2v) is 28.3. The summed E-state index contributed by atoms with van der Waals surface area (Å²) in [5.74, 6) is -8.33. The Morgan fingerprint density at radius 2 is 1.41 bits per heavy atom. The minimum Gasteiger partial charge on any atom is -0.481 e. The Balaban J connectivity index is 1.37. The molecule has 0 aliphatic carbocycles. The van der Waals surface area contributed by atoms with E-state index in [2.05, 4.69) is 16.0 Å². The van der Waals surface area contributed by atoms with Crippen LogP contribution >= 0.6 is 11.8 Å². The number of amides is 9. The molecular weight excluding hydrogens is 1260 g/mol. The van der Waals surface area contributed by atoms with Crippen molar-refractivity contribution in [1.82, 2.24) is 30.2 Å². The summed E-state index contributed by atoms with van der Waals surface area (Å²) < 4.78 is 17.8. The summed E-state index contributed by atoms with van der Waals surface area (Å²) in [6, 6.07) is 12.0. The number of carboxylic acids is 1. The highest BCUT2D eigenvalue weighted by molar-refractivity contribution is 8.00. The van der Waals surface area contributed by atoms with E-state index in [-0.39, 0.29) is 141 Å². The predicted octanol–water partition coefficient (Wildman–Crippen LogP) is 8.49. The second kappa shape index (κ2) is 40.6. The number of ketones is 3. The lowest BCUT2D eigenvalue weighted by molar-refractivity contribution is -0.149. The van der Waals surface area contributed by atoms with Gasteiger partial charge in [-0.05, 0) is 98.1 Å². The lowest BCUT2D eigenvalue weighted by atomic mass is 9.83. The number of unbranched alkanes of at least 4 members (excludes halogenated alkanes) is 2. The van der Waals surface area contributed by atoms with Crippen LogP contribution in [0.4, 0.5) is 15.3 Å². The van der Waals surface area contributed by atoms with Crippen molar-refractivity contribution in [3.8, 4) is 0 Å². The van der Waals surface area contributed by atoms with Crippen LogP contribution in [0.1, 0.15) is 163 Å². The Labute approximate surface area is 578 Å². The fourth-order valence-electron chi connectivity index (χ4n) is 13.4. The molecule has 6 N–H and O–H groups in total. The van der Waals surface area contributed by atoms with Gasteiger partial charge in [0.15, 0.2) is 11.6 Å². The number of carbonyl (C=O) groups is 12. The number of aliphatic carboxylic acids is 1. The van der Waals surface area contributed by atoms with Crippen LogP contribution in [0, 0.1) is 47.3 Å². The number of primary amides is 1. The van der Waals surface area contributed by atoms with E-state index < -0.39 is 90.0 Å². The van der Waals surface area contributed by atoms with Crippen LogP contribution in [-0.4, -0.2) is 191 Å². The normalized spacial score (nSPS) is 17.9. The first-order chi connectivity index (χ1) is 45.9. The van der Waals surface area contributed by atoms with Gasteiger partial charge in [-0.3, -0.25) is 52.8 Å². The number of likely N-dealkylation sites (tertiary alicyclic amines) is 2. The number of nitrogens with two attached hydrogens (primary N) is 1. The molecule has 97 heavy (non-hydrogen) atoms. The van der Waals surface area contributed by atoms with E-state index in [1.165, 1.54) is 42.8 Å². The number of imide groups is 1. The molecule has 2 heterocycles. The van der Waals surface area contributed by atoms with Gasteiger partial charge < -0.3 is 55.7 Å². The molecule has 0 radical (unpaired) electrons. The van der Waals surface area contributed by atoms with Gasteiger partial charge in [0.05, 0.1) is 54.0 Å². The van der Waals surface area contributed by atoms with Gasteiger partial charge in [0.1, 0.15) is 12.4 Å². The number of ether oxygens (including phenoxy) is 3. The summed E-state index contributed by atoms with van der Waals surface area (Å²) in [7, 11) is 6.13. The average Bonchev–Trinajstić information content (AvgIpc) is 1.63. The molecule has 4 rings (SSSR count). The monoisotopic (exact) mass is 1370 g/mol. The zero-order chi connectivity index (χ0) is 72.4. The molecule has 12 atom stereocenters. The summed E-state index contributed by atoms with van der Waals surface area (Å²) in [5.41, 5.74) is 7.01. The van der Waals surface area contributed by atoms with Crippen LogP contribution in [-0.2, 0) is 75.2 Å². The molecule has 0 aromatic heterocycles. The van der Waals surface area contributed by atoms with Crippen molar-refractivity contribution in [2.45, 2.75) is 207 Å². The first-order valence-corrected chi connectivity index (χ1v) is 35.7. The van der Waals surface area contributed by atoms with Crippen molar-refractivity contribution in [2.24, 2.45) is 53.1 Å². The number of hydrogen-bond acceptors (Lipinski definition) is 16. The molecule has 24 nitrogen and oxygen atoms in total. The van der Waals surface area contributed by atoms with Gasteiger partial charge in [0.25, 0.3) is 0 Å². The first kappa shape index (κ1) is 82.2. The molecule has 2 aliphatic rings. The first-order valence-electron chi connectivity index (χ1n) is 34.4. The Morgan fingerprint density at radius 1 is 0.753 bits per heavy atom. The van der Waals surface area contributed by atoms with Crippen LogP contribution in [0.5, 0.6) is 0 Å². The average molecular weight is 1380 g/mol. The molecule has 0 saturated carbocycles. The Morgan fingerprint density at radius 3 is 1.98 bits per heavy atom. The van der Waals surface area contributed by atoms with Crippen LogP contribution in [0.3, 0.4) is 0 Å². The number of anilines is 1. The fraction of sp³-hybridized carbons (Fsp3) is 0.667. The standard InChI is InChI=1S/C72H110N8O16S/c1-15-46(8)65(58(94-12)40-61(85)79-35-23-27-54(79)66(95-13)47(9)55(81)38-51(70(90)91)36-48-24-18-16-19-25-48)77(10)68(88)53(43(2)3)39-57(83)64(45(6)7)78(11)72(93)96-42-49-29-31-52(32-30-49)75-67(87)50(26-22-33-74-71(73)92)37-56(82)63(44(4)5)76-60(84)28-20-17-21-34-80-62(86)41-59(97-14)69(80)89/h16,18-19,24-25,29-32,43-47,50-51,53-54,58-59,63-66H,15,17,20-23,26-28,33-42H2,1-14H3,(H,75,87)(H,76,84)(H,90,91)(H3,73,74,92)/t46-,47-,50+,51+,53-,54-,58+,59?,63-,64-,65-,66+/m0/s1. The fourth-order valence-corrected chi connectivity index (χ4v) is 14.0. The molecule has 0 bridgehead atoms. The summed E-state index contributed by atoms with van der Waals surface area (Å²) in [6.45, 7) is 17.2. The Hall–Kier alpha value is -7.25. The molecule has 2 fully saturated rings. The molecule has 9 amide bonds. The molecule has 1 unspecified atom stereocenters. The van der Waals surface area contributed by atoms with Gasteiger partial charge in [0, 0.05) is 103 Å². The largest absolute Gasteiger partial charge is 0.481 e. The third-order valence-electron chi connectivity index (χ3n) is 19.2. The number of carbonyl (C=O) groups excluding carboxylic acids is 11. The van der Waals surface area contributed by atoms with Crippen molar-refractivity contribution in [1.29, 1.82) is 0 Å². The molecule has 0 spiro atoms. The number of nitrogens with zero attached hydrogens (tertiary/aromatic N) is 4. The number of rotatable bonds is 43. The third kappa shape index (κ3) is 24.6. The molecule has 2 aliphatic heterocycles. The van der Waals surface area contributed by atoms with Crippen molar-refractivity contribution < 1.29 is 76.9 Å². The highest BCUT2D eigenvalue weighted by atomic mass is 32.2. The maximum atomic E-state index is 14.9. The number of Topliss-reactive ketones (excluding diaryl/α,β-unsaturated/α-hetero) is 3.